The van der Waals surface area contributed by atoms with Gasteiger partial charge in [0.1, 0.15) is 5.84 Å². The van der Waals surface area contributed by atoms with Gasteiger partial charge in [-0.3, -0.25) is 0 Å². The fourth-order valence-corrected chi connectivity index (χ4v) is 1.98. The number of rotatable bonds is 4. The number of hydrogen-bond donors (Lipinski definition) is 2. The number of nitrogens with two attached hydrogens (primary N) is 1. The van der Waals surface area contributed by atoms with Crippen molar-refractivity contribution in [2.75, 3.05) is 18.5 Å². The predicted molar refractivity (Wildman–Crippen MR) is 62.7 cm³/mol. The summed E-state index contributed by atoms with van der Waals surface area (Å²) >= 11 is 1.59. The van der Waals surface area contributed by atoms with Crippen molar-refractivity contribution in [2.45, 2.75) is 13.8 Å². The number of thiazole rings is 1. The van der Waals surface area contributed by atoms with Gasteiger partial charge >= 0.3 is 0 Å². The Hall–Kier alpha value is -1.30. The number of anilines is 1. The average molecular weight is 228 g/mol. The number of aryl methyl sites for hydroxylation is 1. The molecule has 0 radical (unpaired) electrons. The van der Waals surface area contributed by atoms with Gasteiger partial charge in [-0.1, -0.05) is 12.1 Å². The van der Waals surface area contributed by atoms with Gasteiger partial charge in [0.05, 0.1) is 5.69 Å². The van der Waals surface area contributed by atoms with Gasteiger partial charge in [0.15, 0.2) is 5.13 Å². The third kappa shape index (κ3) is 3.09. The third-order valence-electron chi connectivity index (χ3n) is 2.10. The van der Waals surface area contributed by atoms with Crippen LogP contribution in [0.5, 0.6) is 0 Å². The Labute approximate surface area is 93.2 Å². The maximum absolute atomic E-state index is 8.52. The van der Waals surface area contributed by atoms with Gasteiger partial charge in [0, 0.05) is 24.9 Å². The lowest BCUT2D eigenvalue weighted by Crippen LogP contribution is -2.32. The molecular formula is C9H16N4OS. The van der Waals surface area contributed by atoms with Crippen molar-refractivity contribution >= 4 is 22.3 Å². The highest BCUT2D eigenvalue weighted by Crippen LogP contribution is 2.19. The van der Waals surface area contributed by atoms with Crippen LogP contribution in [0.2, 0.25) is 0 Å². The molecule has 0 fully saturated rings. The van der Waals surface area contributed by atoms with Gasteiger partial charge in [-0.05, 0) is 6.92 Å². The molecular weight excluding hydrogens is 212 g/mol. The molecule has 0 aromatic carbocycles. The number of nitrogens with zero attached hydrogens (tertiary/aromatic N) is 3. The molecule has 0 spiro atoms. The molecule has 1 aromatic heterocycles. The largest absolute Gasteiger partial charge is 0.409 e. The minimum absolute atomic E-state index is 0.00389. The van der Waals surface area contributed by atoms with Crippen LogP contribution in [0.15, 0.2) is 10.5 Å². The molecule has 15 heavy (non-hydrogen) atoms. The lowest BCUT2D eigenvalue weighted by Gasteiger charge is -2.19. The van der Waals surface area contributed by atoms with Gasteiger partial charge in [-0.15, -0.1) is 11.3 Å². The molecule has 0 bridgehead atoms. The van der Waals surface area contributed by atoms with Gasteiger partial charge in [0.2, 0.25) is 0 Å². The maximum atomic E-state index is 8.52. The highest BCUT2D eigenvalue weighted by atomic mass is 32.1. The van der Waals surface area contributed by atoms with E-state index in [2.05, 4.69) is 10.1 Å². The Balaban J connectivity index is 2.59. The van der Waals surface area contributed by atoms with Crippen LogP contribution in [-0.2, 0) is 0 Å². The molecule has 0 amide bonds. The van der Waals surface area contributed by atoms with Crippen LogP contribution in [-0.4, -0.2) is 29.6 Å². The molecule has 0 aliphatic carbocycles. The van der Waals surface area contributed by atoms with Gasteiger partial charge in [-0.2, -0.15) is 0 Å². The van der Waals surface area contributed by atoms with Crippen molar-refractivity contribution in [3.63, 3.8) is 0 Å². The number of amidine groups is 1. The van der Waals surface area contributed by atoms with Gasteiger partial charge in [0.25, 0.3) is 0 Å². The van der Waals surface area contributed by atoms with Crippen molar-refractivity contribution < 1.29 is 5.21 Å². The molecule has 0 saturated heterocycles. The standard InChI is InChI=1S/C9H16N4OS/c1-6(8(10)12-14)4-13(3)9-11-7(2)5-15-9/h5-6,14H,4H2,1-3H3,(H2,10,12). The first-order valence-corrected chi connectivity index (χ1v) is 5.53. The molecule has 0 saturated carbocycles. The number of aromatic nitrogens is 1. The van der Waals surface area contributed by atoms with Gasteiger partial charge < -0.3 is 15.8 Å². The zero-order chi connectivity index (χ0) is 11.4. The highest BCUT2D eigenvalue weighted by molar-refractivity contribution is 7.13. The minimum atomic E-state index is 0.00389. The molecule has 5 nitrogen and oxygen atoms in total. The first-order valence-electron chi connectivity index (χ1n) is 4.65. The summed E-state index contributed by atoms with van der Waals surface area (Å²) in [5.74, 6) is 0.249. The predicted octanol–water partition coefficient (Wildman–Crippen LogP) is 1.27. The summed E-state index contributed by atoms with van der Waals surface area (Å²) in [5.41, 5.74) is 6.52. The lowest BCUT2D eigenvalue weighted by atomic mass is 10.1. The topological polar surface area (TPSA) is 74.7 Å². The summed E-state index contributed by atoms with van der Waals surface area (Å²) in [4.78, 5) is 6.35. The number of hydrogen-bond acceptors (Lipinski definition) is 5. The molecule has 1 aromatic rings. The van der Waals surface area contributed by atoms with Crippen molar-refractivity contribution in [3.05, 3.63) is 11.1 Å². The van der Waals surface area contributed by atoms with E-state index in [0.717, 1.165) is 10.8 Å². The fourth-order valence-electron chi connectivity index (χ4n) is 1.20. The van der Waals surface area contributed by atoms with Crippen LogP contribution < -0.4 is 10.6 Å². The summed E-state index contributed by atoms with van der Waals surface area (Å²) < 4.78 is 0. The Morgan fingerprint density at radius 2 is 2.47 bits per heavy atom. The van der Waals surface area contributed by atoms with Crippen LogP contribution in [0.3, 0.4) is 0 Å². The normalized spacial score (nSPS) is 13.9. The summed E-state index contributed by atoms with van der Waals surface area (Å²) in [6.45, 7) is 4.55. The summed E-state index contributed by atoms with van der Waals surface area (Å²) in [7, 11) is 1.94. The fraction of sp³-hybridized carbons (Fsp3) is 0.556. The summed E-state index contributed by atoms with van der Waals surface area (Å²) in [6.07, 6.45) is 0. The van der Waals surface area contributed by atoms with Crippen LogP contribution in [0.4, 0.5) is 5.13 Å². The third-order valence-corrected chi connectivity index (χ3v) is 3.17. The van der Waals surface area contributed by atoms with E-state index in [1.165, 1.54) is 0 Å². The minimum Gasteiger partial charge on any atom is -0.409 e. The zero-order valence-corrected chi connectivity index (χ0v) is 9.95. The monoisotopic (exact) mass is 228 g/mol. The van der Waals surface area contributed by atoms with Crippen molar-refractivity contribution in [3.8, 4) is 0 Å². The second-order valence-corrected chi connectivity index (χ2v) is 4.41. The Kier molecular flexibility index (Phi) is 3.90. The zero-order valence-electron chi connectivity index (χ0n) is 9.14. The van der Waals surface area contributed by atoms with Crippen molar-refractivity contribution in [1.82, 2.24) is 4.98 Å². The Bertz CT molecular complexity index is 350. The van der Waals surface area contributed by atoms with Crippen molar-refractivity contribution in [1.29, 1.82) is 0 Å². The van der Waals surface area contributed by atoms with Crippen LogP contribution in [0.1, 0.15) is 12.6 Å². The molecule has 0 aliphatic heterocycles. The Morgan fingerprint density at radius 1 is 1.80 bits per heavy atom. The highest BCUT2D eigenvalue weighted by Gasteiger charge is 2.13. The smallest absolute Gasteiger partial charge is 0.185 e. The van der Waals surface area contributed by atoms with Crippen LogP contribution in [0.25, 0.3) is 0 Å². The molecule has 1 unspecified atom stereocenters. The average Bonchev–Trinajstić information content (AvgIpc) is 2.63. The van der Waals surface area contributed by atoms with Crippen LogP contribution in [0, 0.1) is 12.8 Å². The molecule has 0 aliphatic rings. The van der Waals surface area contributed by atoms with E-state index in [4.69, 9.17) is 10.9 Å². The van der Waals surface area contributed by atoms with E-state index >= 15 is 0 Å². The van der Waals surface area contributed by atoms with E-state index in [0.29, 0.717) is 6.54 Å². The van der Waals surface area contributed by atoms with E-state index in [9.17, 15) is 0 Å². The Morgan fingerprint density at radius 3 is 2.93 bits per heavy atom. The van der Waals surface area contributed by atoms with Crippen molar-refractivity contribution in [2.24, 2.45) is 16.8 Å². The first-order chi connectivity index (χ1) is 7.04. The molecule has 1 heterocycles. The quantitative estimate of drug-likeness (QED) is 0.352. The van der Waals surface area contributed by atoms with E-state index in [-0.39, 0.29) is 11.8 Å². The SMILES string of the molecule is Cc1csc(N(C)CC(C)C(N)=NO)n1. The van der Waals surface area contributed by atoms with E-state index in [1.807, 2.05) is 31.2 Å². The second kappa shape index (κ2) is 4.97. The van der Waals surface area contributed by atoms with Gasteiger partial charge in [-0.25, -0.2) is 4.98 Å². The van der Waals surface area contributed by atoms with E-state index in [1.54, 1.807) is 11.3 Å². The molecule has 1 rings (SSSR count). The van der Waals surface area contributed by atoms with E-state index < -0.39 is 0 Å². The molecule has 84 valence electrons. The maximum Gasteiger partial charge on any atom is 0.185 e. The lowest BCUT2D eigenvalue weighted by molar-refractivity contribution is 0.314. The summed E-state index contributed by atoms with van der Waals surface area (Å²) in [5, 5.41) is 14.5. The number of oxime groups is 1. The summed E-state index contributed by atoms with van der Waals surface area (Å²) in [6, 6.07) is 0. The van der Waals surface area contributed by atoms with Crippen LogP contribution >= 0.6 is 11.3 Å². The first kappa shape index (κ1) is 11.8. The molecule has 1 atom stereocenters. The molecule has 6 heteroatoms. The second-order valence-electron chi connectivity index (χ2n) is 3.58. The molecule has 3 N–H and O–H groups in total.